The van der Waals surface area contributed by atoms with Gasteiger partial charge in [0.05, 0.1) is 10.7 Å². The molecule has 3 rings (SSSR count). The van der Waals surface area contributed by atoms with Crippen LogP contribution in [0.25, 0.3) is 0 Å². The zero-order chi connectivity index (χ0) is 21.6. The molecule has 1 heterocycles. The number of hydrogen-bond acceptors (Lipinski definition) is 3. The lowest BCUT2D eigenvalue weighted by molar-refractivity contribution is 0.0952. The summed E-state index contributed by atoms with van der Waals surface area (Å²) >= 11 is 3.38. The summed E-state index contributed by atoms with van der Waals surface area (Å²) in [4.78, 5) is 12.4. The molecule has 0 bridgehead atoms. The maximum Gasteiger partial charge on any atom is 0.251 e. The van der Waals surface area contributed by atoms with Gasteiger partial charge in [0.25, 0.3) is 5.91 Å². The van der Waals surface area contributed by atoms with E-state index in [4.69, 9.17) is 4.74 Å². The first-order valence-electron chi connectivity index (χ1n) is 10.1. The molecule has 0 atom stereocenters. The van der Waals surface area contributed by atoms with Crippen LogP contribution in [0.1, 0.15) is 48.7 Å². The van der Waals surface area contributed by atoms with Crippen LogP contribution in [0.15, 0.2) is 65.4 Å². The molecule has 0 aliphatic carbocycles. The van der Waals surface area contributed by atoms with Gasteiger partial charge in [0.1, 0.15) is 12.4 Å². The number of benzene rings is 2. The number of ether oxygens (including phenoxy) is 1. The molecule has 30 heavy (non-hydrogen) atoms. The zero-order valence-electron chi connectivity index (χ0n) is 17.7. The number of halogens is 1. The van der Waals surface area contributed by atoms with E-state index in [0.717, 1.165) is 28.8 Å². The second-order valence-electron chi connectivity index (χ2n) is 8.29. The highest BCUT2D eigenvalue weighted by Gasteiger charge is 2.13. The van der Waals surface area contributed by atoms with Gasteiger partial charge in [-0.25, -0.2) is 0 Å². The van der Waals surface area contributed by atoms with Gasteiger partial charge >= 0.3 is 0 Å². The molecule has 0 aliphatic rings. The highest BCUT2D eigenvalue weighted by Crippen LogP contribution is 2.24. The van der Waals surface area contributed by atoms with Crippen LogP contribution >= 0.6 is 15.9 Å². The molecule has 1 amide bonds. The number of nitrogens with zero attached hydrogens (tertiary/aromatic N) is 2. The predicted molar refractivity (Wildman–Crippen MR) is 123 cm³/mol. The van der Waals surface area contributed by atoms with Crippen molar-refractivity contribution in [3.8, 4) is 5.75 Å². The maximum absolute atomic E-state index is 12.4. The molecule has 1 N–H and O–H groups in total. The first-order valence-corrected chi connectivity index (χ1v) is 10.9. The number of aromatic nitrogens is 2. The Morgan fingerprint density at radius 1 is 1.17 bits per heavy atom. The summed E-state index contributed by atoms with van der Waals surface area (Å²) in [5, 5.41) is 7.17. The van der Waals surface area contributed by atoms with E-state index < -0.39 is 0 Å². The summed E-state index contributed by atoms with van der Waals surface area (Å²) in [6.07, 6.45) is 4.49. The van der Waals surface area contributed by atoms with E-state index in [1.807, 2.05) is 47.3 Å². The van der Waals surface area contributed by atoms with Crippen molar-refractivity contribution in [3.63, 3.8) is 0 Å². The van der Waals surface area contributed by atoms with Gasteiger partial charge in [-0.2, -0.15) is 5.10 Å². The van der Waals surface area contributed by atoms with Crippen LogP contribution in [0.2, 0.25) is 0 Å². The summed E-state index contributed by atoms with van der Waals surface area (Å²) in [7, 11) is 0. The molecule has 0 spiro atoms. The molecule has 6 heteroatoms. The smallest absolute Gasteiger partial charge is 0.251 e. The third kappa shape index (κ3) is 6.46. The normalized spacial score (nSPS) is 11.3. The maximum atomic E-state index is 12.4. The van der Waals surface area contributed by atoms with Crippen molar-refractivity contribution < 1.29 is 9.53 Å². The van der Waals surface area contributed by atoms with E-state index >= 15 is 0 Å². The lowest BCUT2D eigenvalue weighted by Crippen LogP contribution is -2.25. The van der Waals surface area contributed by atoms with Gasteiger partial charge in [-0.15, -0.1) is 0 Å². The monoisotopic (exact) mass is 469 g/mol. The molecule has 158 valence electrons. The molecule has 0 radical (unpaired) electrons. The lowest BCUT2D eigenvalue weighted by atomic mass is 9.87. The van der Waals surface area contributed by atoms with E-state index in [0.29, 0.717) is 18.7 Å². The summed E-state index contributed by atoms with van der Waals surface area (Å²) < 4.78 is 8.70. The number of amides is 1. The van der Waals surface area contributed by atoms with E-state index in [1.165, 1.54) is 5.56 Å². The van der Waals surface area contributed by atoms with Crippen LogP contribution in [0.4, 0.5) is 0 Å². The van der Waals surface area contributed by atoms with E-state index in [1.54, 1.807) is 6.20 Å². The van der Waals surface area contributed by atoms with Gasteiger partial charge in [-0.1, -0.05) is 45.0 Å². The Labute approximate surface area is 186 Å². The van der Waals surface area contributed by atoms with Crippen LogP contribution in [0, 0.1) is 0 Å². The van der Waals surface area contributed by atoms with Crippen molar-refractivity contribution in [2.75, 3.05) is 6.54 Å². The Hall–Kier alpha value is -2.60. The first-order chi connectivity index (χ1) is 14.3. The lowest BCUT2D eigenvalue weighted by Gasteiger charge is -2.19. The zero-order valence-corrected chi connectivity index (χ0v) is 19.3. The van der Waals surface area contributed by atoms with Crippen LogP contribution in [0.3, 0.4) is 0 Å². The van der Waals surface area contributed by atoms with Crippen LogP contribution < -0.4 is 10.1 Å². The van der Waals surface area contributed by atoms with Gasteiger partial charge in [-0.3, -0.25) is 9.48 Å². The number of carbonyl (C=O) groups is 1. The fourth-order valence-corrected chi connectivity index (χ4v) is 3.35. The summed E-state index contributed by atoms with van der Waals surface area (Å²) in [6, 6.07) is 15.7. The van der Waals surface area contributed by atoms with Crippen LogP contribution in [-0.2, 0) is 18.6 Å². The minimum Gasteiger partial charge on any atom is -0.489 e. The van der Waals surface area contributed by atoms with Gasteiger partial charge in [0, 0.05) is 24.8 Å². The molecule has 2 aromatic carbocycles. The van der Waals surface area contributed by atoms with Crippen molar-refractivity contribution in [3.05, 3.63) is 82.1 Å². The van der Waals surface area contributed by atoms with Crippen molar-refractivity contribution in [2.45, 2.75) is 45.8 Å². The molecular weight excluding hydrogens is 442 g/mol. The first kappa shape index (κ1) is 22.1. The Morgan fingerprint density at radius 3 is 2.60 bits per heavy atom. The third-order valence-electron chi connectivity index (χ3n) is 4.77. The van der Waals surface area contributed by atoms with Crippen molar-refractivity contribution in [2.24, 2.45) is 0 Å². The molecule has 3 aromatic rings. The van der Waals surface area contributed by atoms with Crippen molar-refractivity contribution in [1.29, 1.82) is 0 Å². The minimum atomic E-state index is -0.0759. The quantitative estimate of drug-likeness (QED) is 0.452. The van der Waals surface area contributed by atoms with Gasteiger partial charge in [-0.05, 0) is 63.2 Å². The average Bonchev–Trinajstić information content (AvgIpc) is 3.14. The number of aryl methyl sites for hydroxylation is 1. The third-order valence-corrected chi connectivity index (χ3v) is 5.18. The van der Waals surface area contributed by atoms with Gasteiger partial charge in [0.15, 0.2) is 0 Å². The largest absolute Gasteiger partial charge is 0.489 e. The Balaban J connectivity index is 1.48. The van der Waals surface area contributed by atoms with Gasteiger partial charge in [0.2, 0.25) is 0 Å². The highest BCUT2D eigenvalue weighted by molar-refractivity contribution is 9.10. The van der Waals surface area contributed by atoms with Gasteiger partial charge < -0.3 is 10.1 Å². The van der Waals surface area contributed by atoms with Crippen molar-refractivity contribution in [1.82, 2.24) is 15.1 Å². The Morgan fingerprint density at radius 2 is 1.93 bits per heavy atom. The Kier molecular flexibility index (Phi) is 7.32. The van der Waals surface area contributed by atoms with E-state index in [-0.39, 0.29) is 11.3 Å². The molecular formula is C24H28BrN3O2. The fraction of sp³-hybridized carbons (Fsp3) is 0.333. The highest BCUT2D eigenvalue weighted by atomic mass is 79.9. The topological polar surface area (TPSA) is 56.1 Å². The summed E-state index contributed by atoms with van der Waals surface area (Å²) in [6.45, 7) is 8.34. The minimum absolute atomic E-state index is 0.0759. The second-order valence-corrected chi connectivity index (χ2v) is 9.21. The number of nitrogens with one attached hydrogen (secondary N) is 1. The predicted octanol–water partition coefficient (Wildman–Crippen LogP) is 5.34. The number of carbonyl (C=O) groups excluding carboxylic acids is 1. The second kappa shape index (κ2) is 9.94. The molecule has 0 saturated carbocycles. The fourth-order valence-electron chi connectivity index (χ4n) is 3.03. The molecule has 0 saturated heterocycles. The number of hydrogen-bond donors (Lipinski definition) is 1. The molecule has 5 nitrogen and oxygen atoms in total. The van der Waals surface area contributed by atoms with Crippen LogP contribution in [0.5, 0.6) is 5.75 Å². The summed E-state index contributed by atoms with van der Waals surface area (Å²) in [5.41, 5.74) is 2.99. The van der Waals surface area contributed by atoms with Crippen LogP contribution in [-0.4, -0.2) is 22.2 Å². The standard InChI is InChI=1S/C24H28BrN3O2/c1-24(2,3)20-8-10-22(11-9-20)30-17-18-6-4-7-19(14-18)23(29)26-12-5-13-28-16-21(25)15-27-28/h4,6-11,14-16H,5,12-13,17H2,1-3H3,(H,26,29). The molecule has 1 aromatic heterocycles. The SMILES string of the molecule is CC(C)(C)c1ccc(OCc2cccc(C(=O)NCCCn3cc(Br)cn3)c2)cc1. The van der Waals surface area contributed by atoms with E-state index in [9.17, 15) is 4.79 Å². The Bertz CT molecular complexity index is 975. The van der Waals surface area contributed by atoms with E-state index in [2.05, 4.69) is 59.2 Å². The average molecular weight is 470 g/mol. The molecule has 0 aliphatic heterocycles. The molecule has 0 fully saturated rings. The molecule has 0 unspecified atom stereocenters. The number of rotatable bonds is 8. The summed E-state index contributed by atoms with van der Waals surface area (Å²) in [5.74, 6) is 0.746. The van der Waals surface area contributed by atoms with Crippen molar-refractivity contribution >= 4 is 21.8 Å².